The van der Waals surface area contributed by atoms with Crippen LogP contribution in [0.25, 0.3) is 0 Å². The SMILES string of the molecule is CCOC(=O)C(CN(C)CCc1ccncc1)NC(C)C. The van der Waals surface area contributed by atoms with E-state index in [-0.39, 0.29) is 18.1 Å². The second-order valence-corrected chi connectivity index (χ2v) is 5.49. The summed E-state index contributed by atoms with van der Waals surface area (Å²) in [5, 5.41) is 3.27. The lowest BCUT2D eigenvalue weighted by molar-refractivity contribution is -0.146. The van der Waals surface area contributed by atoms with Crippen LogP contribution in [-0.4, -0.2) is 54.7 Å². The number of ether oxygens (including phenoxy) is 1. The van der Waals surface area contributed by atoms with Crippen LogP contribution in [0, 0.1) is 0 Å². The van der Waals surface area contributed by atoms with Gasteiger partial charge in [0.05, 0.1) is 6.61 Å². The van der Waals surface area contributed by atoms with Crippen LogP contribution >= 0.6 is 0 Å². The summed E-state index contributed by atoms with van der Waals surface area (Å²) in [4.78, 5) is 18.1. The van der Waals surface area contributed by atoms with Gasteiger partial charge in [0.15, 0.2) is 0 Å². The first kappa shape index (κ1) is 17.6. The van der Waals surface area contributed by atoms with Gasteiger partial charge in [0.25, 0.3) is 0 Å². The smallest absolute Gasteiger partial charge is 0.324 e. The maximum absolute atomic E-state index is 12.0. The third kappa shape index (κ3) is 7.20. The summed E-state index contributed by atoms with van der Waals surface area (Å²) in [5.74, 6) is -0.179. The Morgan fingerprint density at radius 1 is 1.38 bits per heavy atom. The summed E-state index contributed by atoms with van der Waals surface area (Å²) in [6.45, 7) is 7.83. The van der Waals surface area contributed by atoms with Gasteiger partial charge in [-0.1, -0.05) is 13.8 Å². The molecule has 0 bridgehead atoms. The molecule has 0 saturated carbocycles. The molecule has 1 N–H and O–H groups in total. The van der Waals surface area contributed by atoms with Gasteiger partial charge in [0.1, 0.15) is 6.04 Å². The predicted molar refractivity (Wildman–Crippen MR) is 84.1 cm³/mol. The van der Waals surface area contributed by atoms with Crippen LogP contribution in [0.1, 0.15) is 26.3 Å². The van der Waals surface area contributed by atoms with Crippen LogP contribution in [0.3, 0.4) is 0 Å². The predicted octanol–water partition coefficient (Wildman–Crippen LogP) is 1.49. The molecule has 0 spiro atoms. The van der Waals surface area contributed by atoms with E-state index in [0.717, 1.165) is 13.0 Å². The quantitative estimate of drug-likeness (QED) is 0.699. The Kier molecular flexibility index (Phi) is 7.93. The van der Waals surface area contributed by atoms with Gasteiger partial charge >= 0.3 is 5.97 Å². The second-order valence-electron chi connectivity index (χ2n) is 5.49. The highest BCUT2D eigenvalue weighted by Crippen LogP contribution is 2.01. The number of carbonyl (C=O) groups is 1. The molecule has 1 rings (SSSR count). The van der Waals surface area contributed by atoms with E-state index in [1.165, 1.54) is 5.56 Å². The molecule has 1 aromatic rings. The van der Waals surface area contributed by atoms with Crippen LogP contribution in [0.2, 0.25) is 0 Å². The molecule has 21 heavy (non-hydrogen) atoms. The van der Waals surface area contributed by atoms with Gasteiger partial charge in [-0.3, -0.25) is 9.78 Å². The van der Waals surface area contributed by atoms with Crippen molar-refractivity contribution in [3.8, 4) is 0 Å². The molecule has 0 radical (unpaired) electrons. The zero-order valence-corrected chi connectivity index (χ0v) is 13.5. The lowest BCUT2D eigenvalue weighted by Gasteiger charge is -2.25. The van der Waals surface area contributed by atoms with Crippen LogP contribution < -0.4 is 5.32 Å². The van der Waals surface area contributed by atoms with Crippen molar-refractivity contribution in [2.75, 3.05) is 26.7 Å². The summed E-state index contributed by atoms with van der Waals surface area (Å²) >= 11 is 0. The summed E-state index contributed by atoms with van der Waals surface area (Å²) < 4.78 is 5.13. The first-order chi connectivity index (χ1) is 10.0. The van der Waals surface area contributed by atoms with E-state index in [2.05, 4.69) is 15.2 Å². The molecular weight excluding hydrogens is 266 g/mol. The second kappa shape index (κ2) is 9.47. The first-order valence-electron chi connectivity index (χ1n) is 7.53. The molecule has 0 aliphatic rings. The monoisotopic (exact) mass is 293 g/mol. The van der Waals surface area contributed by atoms with Gasteiger partial charge in [-0.15, -0.1) is 0 Å². The normalized spacial score (nSPS) is 12.7. The van der Waals surface area contributed by atoms with E-state index in [9.17, 15) is 4.79 Å². The zero-order chi connectivity index (χ0) is 15.7. The number of nitrogens with zero attached hydrogens (tertiary/aromatic N) is 2. The number of esters is 1. The van der Waals surface area contributed by atoms with E-state index in [0.29, 0.717) is 13.2 Å². The maximum Gasteiger partial charge on any atom is 0.324 e. The number of carbonyl (C=O) groups excluding carboxylic acids is 1. The molecule has 5 heteroatoms. The van der Waals surface area contributed by atoms with Crippen LogP contribution in [0.4, 0.5) is 0 Å². The standard InChI is InChI=1S/C16H27N3O2/c1-5-21-16(20)15(18-13(2)3)12-19(4)11-8-14-6-9-17-10-7-14/h6-7,9-10,13,15,18H,5,8,11-12H2,1-4H3. The molecule has 5 nitrogen and oxygen atoms in total. The van der Waals surface area contributed by atoms with Gasteiger partial charge in [0.2, 0.25) is 0 Å². The highest BCUT2D eigenvalue weighted by atomic mass is 16.5. The highest BCUT2D eigenvalue weighted by molar-refractivity contribution is 5.76. The third-order valence-electron chi connectivity index (χ3n) is 3.13. The van der Waals surface area contributed by atoms with Crippen LogP contribution in [0.15, 0.2) is 24.5 Å². The molecule has 0 saturated heterocycles. The molecule has 0 aromatic carbocycles. The number of pyridine rings is 1. The molecular formula is C16H27N3O2. The van der Waals surface area contributed by atoms with E-state index in [1.54, 1.807) is 12.4 Å². The maximum atomic E-state index is 12.0. The fraction of sp³-hybridized carbons (Fsp3) is 0.625. The number of hydrogen-bond donors (Lipinski definition) is 1. The topological polar surface area (TPSA) is 54.5 Å². The van der Waals surface area contributed by atoms with Crippen molar-refractivity contribution >= 4 is 5.97 Å². The van der Waals surface area contributed by atoms with Crippen LogP contribution in [0.5, 0.6) is 0 Å². The fourth-order valence-corrected chi connectivity index (χ4v) is 2.11. The molecule has 1 unspecified atom stereocenters. The minimum Gasteiger partial charge on any atom is -0.465 e. The Balaban J connectivity index is 2.47. The Labute approximate surface area is 127 Å². The van der Waals surface area contributed by atoms with Gasteiger partial charge < -0.3 is 15.0 Å². The first-order valence-corrected chi connectivity index (χ1v) is 7.53. The molecule has 1 heterocycles. The Hall–Kier alpha value is -1.46. The minimum atomic E-state index is -0.285. The number of aromatic nitrogens is 1. The molecule has 1 aromatic heterocycles. The average Bonchev–Trinajstić information content (AvgIpc) is 2.45. The molecule has 0 aliphatic carbocycles. The van der Waals surface area contributed by atoms with Crippen molar-refractivity contribution in [2.24, 2.45) is 0 Å². The van der Waals surface area contributed by atoms with Gasteiger partial charge in [-0.25, -0.2) is 0 Å². The van der Waals surface area contributed by atoms with Gasteiger partial charge in [0, 0.05) is 31.5 Å². The summed E-state index contributed by atoms with van der Waals surface area (Å²) in [6.07, 6.45) is 4.55. The molecule has 0 fully saturated rings. The Morgan fingerprint density at radius 2 is 2.05 bits per heavy atom. The molecule has 0 aliphatic heterocycles. The van der Waals surface area contributed by atoms with Crippen LogP contribution in [-0.2, 0) is 16.0 Å². The largest absolute Gasteiger partial charge is 0.465 e. The van der Waals surface area contributed by atoms with Crippen molar-refractivity contribution in [1.82, 2.24) is 15.2 Å². The van der Waals surface area contributed by atoms with Crippen molar-refractivity contribution in [1.29, 1.82) is 0 Å². The van der Waals surface area contributed by atoms with Gasteiger partial charge in [-0.2, -0.15) is 0 Å². The average molecular weight is 293 g/mol. The molecule has 1 atom stereocenters. The fourth-order valence-electron chi connectivity index (χ4n) is 2.11. The zero-order valence-electron chi connectivity index (χ0n) is 13.5. The minimum absolute atomic E-state index is 0.179. The number of likely N-dealkylation sites (N-methyl/N-ethyl adjacent to an activating group) is 1. The number of nitrogens with one attached hydrogen (secondary N) is 1. The Morgan fingerprint density at radius 3 is 2.62 bits per heavy atom. The van der Waals surface area contributed by atoms with Gasteiger partial charge in [-0.05, 0) is 38.1 Å². The lowest BCUT2D eigenvalue weighted by Crippen LogP contribution is -2.48. The third-order valence-corrected chi connectivity index (χ3v) is 3.13. The van der Waals surface area contributed by atoms with E-state index >= 15 is 0 Å². The molecule has 118 valence electrons. The lowest BCUT2D eigenvalue weighted by atomic mass is 10.2. The number of rotatable bonds is 9. The Bertz CT molecular complexity index is 409. The van der Waals surface area contributed by atoms with Crippen molar-refractivity contribution in [3.05, 3.63) is 30.1 Å². The van der Waals surface area contributed by atoms with Crippen molar-refractivity contribution in [3.63, 3.8) is 0 Å². The van der Waals surface area contributed by atoms with E-state index in [4.69, 9.17) is 4.74 Å². The van der Waals surface area contributed by atoms with Crippen molar-refractivity contribution in [2.45, 2.75) is 39.3 Å². The summed E-state index contributed by atoms with van der Waals surface area (Å²) in [7, 11) is 2.02. The highest BCUT2D eigenvalue weighted by Gasteiger charge is 2.21. The summed E-state index contributed by atoms with van der Waals surface area (Å²) in [5.41, 5.74) is 1.25. The van der Waals surface area contributed by atoms with E-state index in [1.807, 2.05) is 40.0 Å². The summed E-state index contributed by atoms with van der Waals surface area (Å²) in [6, 6.07) is 3.99. The van der Waals surface area contributed by atoms with E-state index < -0.39 is 0 Å². The molecule has 0 amide bonds. The van der Waals surface area contributed by atoms with Crippen molar-refractivity contribution < 1.29 is 9.53 Å². The number of hydrogen-bond acceptors (Lipinski definition) is 5.